The van der Waals surface area contributed by atoms with Gasteiger partial charge in [-0.3, -0.25) is 4.79 Å². The van der Waals surface area contributed by atoms with E-state index in [9.17, 15) is 4.79 Å². The highest BCUT2D eigenvalue weighted by molar-refractivity contribution is 5.92. The zero-order valence-corrected chi connectivity index (χ0v) is 10.2. The number of nitrogens with zero attached hydrogens (tertiary/aromatic N) is 4. The van der Waals surface area contributed by atoms with Gasteiger partial charge in [0.15, 0.2) is 0 Å². The molecule has 5 nitrogen and oxygen atoms in total. The summed E-state index contributed by atoms with van der Waals surface area (Å²) in [5, 5.41) is 2.96. The maximum absolute atomic E-state index is 11.0. The third-order valence-electron chi connectivity index (χ3n) is 2.54. The fourth-order valence-corrected chi connectivity index (χ4v) is 1.70. The Balaban J connectivity index is 2.03. The molecule has 0 aliphatic heterocycles. The quantitative estimate of drug-likeness (QED) is 0.356. The molecule has 0 atom stereocenters. The summed E-state index contributed by atoms with van der Waals surface area (Å²) in [6, 6.07) is 12.0. The number of carbonyl (C=O) groups is 1. The Morgan fingerprint density at radius 2 is 2.11 bits per heavy atom. The minimum Gasteiger partial charge on any atom is -0.349 e. The highest BCUT2D eigenvalue weighted by atomic mass is 16.1. The molecule has 2 aromatic rings. The van der Waals surface area contributed by atoms with Crippen molar-refractivity contribution in [2.24, 2.45) is 5.11 Å². The van der Waals surface area contributed by atoms with E-state index >= 15 is 0 Å². The summed E-state index contributed by atoms with van der Waals surface area (Å²) in [4.78, 5) is 13.4. The van der Waals surface area contributed by atoms with Crippen LogP contribution in [0, 0.1) is 0 Å². The van der Waals surface area contributed by atoms with Gasteiger partial charge in [0.25, 0.3) is 0 Å². The topological polar surface area (TPSA) is 70.8 Å². The number of rotatable bonds is 4. The van der Waals surface area contributed by atoms with E-state index < -0.39 is 5.91 Å². The van der Waals surface area contributed by atoms with Crippen molar-refractivity contribution < 1.29 is 4.79 Å². The first-order valence-electron chi connectivity index (χ1n) is 5.75. The van der Waals surface area contributed by atoms with Crippen LogP contribution in [0.15, 0.2) is 60.0 Å². The Morgan fingerprint density at radius 3 is 2.84 bits per heavy atom. The van der Waals surface area contributed by atoms with Gasteiger partial charge in [-0.25, -0.2) is 0 Å². The van der Waals surface area contributed by atoms with Crippen molar-refractivity contribution in [2.45, 2.75) is 6.54 Å². The molecule has 0 spiro atoms. The van der Waals surface area contributed by atoms with Gasteiger partial charge >= 0.3 is 0 Å². The van der Waals surface area contributed by atoms with E-state index in [1.165, 1.54) is 11.6 Å². The van der Waals surface area contributed by atoms with Crippen LogP contribution in [0.2, 0.25) is 0 Å². The molecule has 0 N–H and O–H groups in total. The summed E-state index contributed by atoms with van der Waals surface area (Å²) in [6.07, 6.45) is 6.73. The monoisotopic (exact) mass is 252 g/mol. The van der Waals surface area contributed by atoms with E-state index in [0.717, 1.165) is 12.1 Å². The first-order valence-corrected chi connectivity index (χ1v) is 5.75. The maximum atomic E-state index is 11.0. The fraction of sp³-hybridized carbons (Fsp3) is 0.0714. The molecule has 5 heteroatoms. The van der Waals surface area contributed by atoms with Crippen molar-refractivity contribution in [2.75, 3.05) is 0 Å². The van der Waals surface area contributed by atoms with Crippen molar-refractivity contribution in [3.8, 4) is 0 Å². The molecule has 94 valence electrons. The Morgan fingerprint density at radius 1 is 1.32 bits per heavy atom. The molecule has 1 heterocycles. The molecular formula is C14H12N4O. The second-order valence-electron chi connectivity index (χ2n) is 3.96. The molecule has 19 heavy (non-hydrogen) atoms. The molecule has 1 amide bonds. The summed E-state index contributed by atoms with van der Waals surface area (Å²) in [7, 11) is 0. The molecule has 1 aromatic heterocycles. The molecule has 1 aromatic carbocycles. The van der Waals surface area contributed by atoms with Gasteiger partial charge in [-0.15, -0.1) is 0 Å². The zero-order chi connectivity index (χ0) is 13.5. The van der Waals surface area contributed by atoms with Gasteiger partial charge in [0.1, 0.15) is 0 Å². The smallest absolute Gasteiger partial charge is 0.242 e. The van der Waals surface area contributed by atoms with Crippen molar-refractivity contribution in [1.82, 2.24) is 4.57 Å². The lowest BCUT2D eigenvalue weighted by molar-refractivity contribution is -0.113. The Hall–Kier alpha value is -2.78. The SMILES string of the molecule is [N-]=[N+]=NC(=O)/C=C/c1ccn(Cc2ccccc2)c1. The van der Waals surface area contributed by atoms with Crippen LogP contribution in [0.5, 0.6) is 0 Å². The van der Waals surface area contributed by atoms with Gasteiger partial charge in [0, 0.05) is 23.9 Å². The molecule has 0 aliphatic carbocycles. The highest BCUT2D eigenvalue weighted by Gasteiger charge is 1.96. The molecule has 0 unspecified atom stereocenters. The number of azide groups is 1. The lowest BCUT2D eigenvalue weighted by atomic mass is 10.2. The third kappa shape index (κ3) is 3.87. The van der Waals surface area contributed by atoms with Crippen molar-refractivity contribution in [1.29, 1.82) is 0 Å². The van der Waals surface area contributed by atoms with E-state index in [0.29, 0.717) is 0 Å². The molecule has 0 aliphatic rings. The van der Waals surface area contributed by atoms with Crippen molar-refractivity contribution in [3.05, 3.63) is 76.4 Å². The first kappa shape index (κ1) is 12.7. The van der Waals surface area contributed by atoms with E-state index in [-0.39, 0.29) is 0 Å². The van der Waals surface area contributed by atoms with Crippen LogP contribution in [0.1, 0.15) is 11.1 Å². The fourth-order valence-electron chi connectivity index (χ4n) is 1.70. The second-order valence-corrected chi connectivity index (χ2v) is 3.96. The largest absolute Gasteiger partial charge is 0.349 e. The first-order chi connectivity index (χ1) is 9.28. The lowest BCUT2D eigenvalue weighted by Crippen LogP contribution is -1.95. The van der Waals surface area contributed by atoms with E-state index in [4.69, 9.17) is 5.53 Å². The maximum Gasteiger partial charge on any atom is 0.242 e. The number of amides is 1. The van der Waals surface area contributed by atoms with E-state index in [1.807, 2.05) is 41.2 Å². The van der Waals surface area contributed by atoms with Crippen LogP contribution in [-0.4, -0.2) is 10.5 Å². The van der Waals surface area contributed by atoms with Gasteiger partial charge in [-0.05, 0) is 40.0 Å². The van der Waals surface area contributed by atoms with Crippen LogP contribution in [0.4, 0.5) is 0 Å². The molecule has 0 saturated carbocycles. The highest BCUT2D eigenvalue weighted by Crippen LogP contribution is 2.07. The van der Waals surface area contributed by atoms with Crippen LogP contribution in [0.3, 0.4) is 0 Å². The van der Waals surface area contributed by atoms with Crippen LogP contribution >= 0.6 is 0 Å². The molecule has 0 saturated heterocycles. The van der Waals surface area contributed by atoms with Crippen molar-refractivity contribution in [3.63, 3.8) is 0 Å². The minimum atomic E-state index is -0.599. The summed E-state index contributed by atoms with van der Waals surface area (Å²) in [5.74, 6) is -0.599. The molecule has 0 fully saturated rings. The lowest BCUT2D eigenvalue weighted by Gasteiger charge is -2.01. The van der Waals surface area contributed by atoms with Gasteiger partial charge in [-0.2, -0.15) is 0 Å². The normalized spacial score (nSPS) is 10.3. The summed E-state index contributed by atoms with van der Waals surface area (Å²) in [5.41, 5.74) is 10.2. The Labute approximate surface area is 110 Å². The Bertz CT molecular complexity index is 636. The Kier molecular flexibility index (Phi) is 4.16. The molecule has 0 radical (unpaired) electrons. The van der Waals surface area contributed by atoms with Gasteiger partial charge < -0.3 is 4.57 Å². The molecular weight excluding hydrogens is 240 g/mol. The van der Waals surface area contributed by atoms with Crippen LogP contribution < -0.4 is 0 Å². The summed E-state index contributed by atoms with van der Waals surface area (Å²) in [6.45, 7) is 0.777. The van der Waals surface area contributed by atoms with Gasteiger partial charge in [0.05, 0.1) is 0 Å². The number of benzene rings is 1. The summed E-state index contributed by atoms with van der Waals surface area (Å²) < 4.78 is 2.02. The van der Waals surface area contributed by atoms with Gasteiger partial charge in [0.2, 0.25) is 5.91 Å². The van der Waals surface area contributed by atoms with Crippen LogP contribution in [0.25, 0.3) is 16.5 Å². The van der Waals surface area contributed by atoms with Gasteiger partial charge in [-0.1, -0.05) is 30.3 Å². The molecule has 2 rings (SSSR count). The number of aromatic nitrogens is 1. The van der Waals surface area contributed by atoms with Crippen molar-refractivity contribution >= 4 is 12.0 Å². The van der Waals surface area contributed by atoms with E-state index in [1.54, 1.807) is 6.08 Å². The predicted octanol–water partition coefficient (Wildman–Crippen LogP) is 3.39. The predicted molar refractivity (Wildman–Crippen MR) is 73.2 cm³/mol. The third-order valence-corrected chi connectivity index (χ3v) is 2.54. The average Bonchev–Trinajstić information content (AvgIpc) is 2.86. The number of hydrogen-bond donors (Lipinski definition) is 0. The average molecular weight is 252 g/mol. The second kappa shape index (κ2) is 6.23. The number of carbonyl (C=O) groups excluding carboxylic acids is 1. The molecule has 0 bridgehead atoms. The standard InChI is InChI=1S/C14H12N4O/c15-17-16-14(19)7-6-13-8-9-18(11-13)10-12-4-2-1-3-5-12/h1-9,11H,10H2/b7-6+. The number of hydrogen-bond acceptors (Lipinski definition) is 1. The minimum absolute atomic E-state index is 0.599. The summed E-state index contributed by atoms with van der Waals surface area (Å²) >= 11 is 0. The van der Waals surface area contributed by atoms with E-state index in [2.05, 4.69) is 22.2 Å². The zero-order valence-electron chi connectivity index (χ0n) is 10.2. The van der Waals surface area contributed by atoms with Crippen LogP contribution in [-0.2, 0) is 11.3 Å².